The molecule has 1 N–H and O–H groups in total. The minimum Gasteiger partial charge on any atom is -0.493 e. The number of ether oxygens (including phenoxy) is 2. The molecule has 4 nitrogen and oxygen atoms in total. The first-order valence-corrected chi connectivity index (χ1v) is 9.23. The van der Waals surface area contributed by atoms with Crippen LogP contribution in [-0.2, 0) is 11.2 Å². The van der Waals surface area contributed by atoms with Crippen molar-refractivity contribution >= 4 is 17.7 Å². The summed E-state index contributed by atoms with van der Waals surface area (Å²) in [6.07, 6.45) is 0.796. The lowest BCUT2D eigenvalue weighted by molar-refractivity contribution is -0.120. The van der Waals surface area contributed by atoms with Gasteiger partial charge in [0.05, 0.1) is 7.11 Å². The largest absolute Gasteiger partial charge is 0.493 e. The first-order valence-electron chi connectivity index (χ1n) is 8.24. The smallest absolute Gasteiger partial charge is 0.387 e. The molecule has 0 aliphatic rings. The number of alkyl halides is 2. The van der Waals surface area contributed by atoms with Crippen LogP contribution in [0.3, 0.4) is 0 Å². The number of thioether (sulfide) groups is 1. The Hall–Kier alpha value is -2.35. The van der Waals surface area contributed by atoms with Crippen LogP contribution in [0.1, 0.15) is 12.0 Å². The molecule has 0 radical (unpaired) electrons. The molecule has 0 fully saturated rings. The fourth-order valence-electron chi connectivity index (χ4n) is 2.29. The minimum atomic E-state index is -2.94. The van der Waals surface area contributed by atoms with Crippen LogP contribution in [0.15, 0.2) is 47.4 Å². The highest BCUT2D eigenvalue weighted by atomic mass is 32.2. The normalized spacial score (nSPS) is 10.7. The van der Waals surface area contributed by atoms with E-state index in [1.807, 2.05) is 0 Å². The van der Waals surface area contributed by atoms with Crippen LogP contribution in [0.4, 0.5) is 13.2 Å². The van der Waals surface area contributed by atoms with Gasteiger partial charge < -0.3 is 14.8 Å². The van der Waals surface area contributed by atoms with Crippen LogP contribution < -0.4 is 14.8 Å². The quantitative estimate of drug-likeness (QED) is 0.606. The summed E-state index contributed by atoms with van der Waals surface area (Å²) in [5.41, 5.74) is 0.743. The van der Waals surface area contributed by atoms with Crippen molar-refractivity contribution in [3.63, 3.8) is 0 Å². The van der Waals surface area contributed by atoms with Gasteiger partial charge in [0.2, 0.25) is 5.91 Å². The molecule has 0 heterocycles. The first kappa shape index (κ1) is 21.0. The third-order valence-corrected chi connectivity index (χ3v) is 4.61. The molecule has 0 spiro atoms. The summed E-state index contributed by atoms with van der Waals surface area (Å²) in [6, 6.07) is 10.8. The van der Waals surface area contributed by atoms with E-state index < -0.39 is 6.61 Å². The van der Waals surface area contributed by atoms with E-state index in [2.05, 4.69) is 10.1 Å². The van der Waals surface area contributed by atoms with E-state index in [1.165, 1.54) is 37.1 Å². The van der Waals surface area contributed by atoms with Crippen LogP contribution in [0.25, 0.3) is 0 Å². The molecular weight excluding hydrogens is 379 g/mol. The Morgan fingerprint density at radius 3 is 2.56 bits per heavy atom. The maximum atomic E-state index is 12.8. The van der Waals surface area contributed by atoms with Gasteiger partial charge in [0.15, 0.2) is 11.5 Å². The average molecular weight is 399 g/mol. The Balaban J connectivity index is 1.73. The number of hydrogen-bond donors (Lipinski definition) is 1. The minimum absolute atomic E-state index is 0.0352. The topological polar surface area (TPSA) is 47.6 Å². The van der Waals surface area contributed by atoms with Gasteiger partial charge in [0.25, 0.3) is 0 Å². The van der Waals surface area contributed by atoms with E-state index in [-0.39, 0.29) is 23.2 Å². The zero-order chi connectivity index (χ0) is 19.6. The molecule has 27 heavy (non-hydrogen) atoms. The number of amides is 1. The number of hydrogen-bond acceptors (Lipinski definition) is 4. The Morgan fingerprint density at radius 1 is 1.15 bits per heavy atom. The summed E-state index contributed by atoms with van der Waals surface area (Å²) in [5, 5.41) is 2.78. The molecule has 0 bridgehead atoms. The summed E-state index contributed by atoms with van der Waals surface area (Å²) in [6.45, 7) is -2.56. The third kappa shape index (κ3) is 7.42. The van der Waals surface area contributed by atoms with E-state index in [4.69, 9.17) is 4.74 Å². The second-order valence-electron chi connectivity index (χ2n) is 5.52. The molecule has 0 atom stereocenters. The van der Waals surface area contributed by atoms with Crippen molar-refractivity contribution in [2.45, 2.75) is 24.3 Å². The van der Waals surface area contributed by atoms with Crippen LogP contribution >= 0.6 is 11.8 Å². The van der Waals surface area contributed by atoms with Crippen molar-refractivity contribution < 1.29 is 27.4 Å². The molecule has 2 aromatic carbocycles. The Morgan fingerprint density at radius 2 is 1.89 bits per heavy atom. The summed E-state index contributed by atoms with van der Waals surface area (Å²) in [5.74, 6) is 0.361. The standard InChI is InChI=1S/C19H20F3NO3S/c1-25-16-7-2-13(12-17(16)26-19(21)22)8-10-23-18(24)9-11-27-15-5-3-14(20)4-6-15/h2-7,12,19H,8-11H2,1H3,(H,23,24). The van der Waals surface area contributed by atoms with Crippen LogP contribution in [-0.4, -0.2) is 31.9 Å². The van der Waals surface area contributed by atoms with Gasteiger partial charge in [-0.05, 0) is 48.4 Å². The van der Waals surface area contributed by atoms with Gasteiger partial charge in [-0.3, -0.25) is 4.79 Å². The van der Waals surface area contributed by atoms with Gasteiger partial charge >= 0.3 is 6.61 Å². The molecule has 0 aliphatic carbocycles. The molecule has 0 saturated carbocycles. The molecule has 8 heteroatoms. The molecule has 2 aromatic rings. The van der Waals surface area contributed by atoms with E-state index in [1.54, 1.807) is 24.3 Å². The average Bonchev–Trinajstić information content (AvgIpc) is 2.63. The van der Waals surface area contributed by atoms with Crippen LogP contribution in [0.5, 0.6) is 11.5 Å². The second-order valence-corrected chi connectivity index (χ2v) is 6.68. The summed E-state index contributed by atoms with van der Waals surface area (Å²) in [4.78, 5) is 12.8. The van der Waals surface area contributed by atoms with E-state index in [0.29, 0.717) is 25.1 Å². The van der Waals surface area contributed by atoms with Crippen molar-refractivity contribution in [3.05, 3.63) is 53.8 Å². The van der Waals surface area contributed by atoms with Gasteiger partial charge in [-0.15, -0.1) is 11.8 Å². The number of halogens is 3. The Kier molecular flexibility index (Phi) is 8.32. The van der Waals surface area contributed by atoms with E-state index >= 15 is 0 Å². The molecule has 146 valence electrons. The molecule has 0 aliphatic heterocycles. The van der Waals surface area contributed by atoms with Crippen molar-refractivity contribution in [1.29, 1.82) is 0 Å². The zero-order valence-corrected chi connectivity index (χ0v) is 15.5. The molecule has 0 unspecified atom stereocenters. The number of rotatable bonds is 10. The third-order valence-electron chi connectivity index (χ3n) is 3.59. The maximum Gasteiger partial charge on any atom is 0.387 e. The predicted octanol–water partition coefficient (Wildman–Crippen LogP) is 4.28. The van der Waals surface area contributed by atoms with Gasteiger partial charge in [-0.2, -0.15) is 8.78 Å². The van der Waals surface area contributed by atoms with Crippen LogP contribution in [0, 0.1) is 5.82 Å². The lowest BCUT2D eigenvalue weighted by Gasteiger charge is -2.12. The highest BCUT2D eigenvalue weighted by Gasteiger charge is 2.11. The molecular formula is C19H20F3NO3S. The van der Waals surface area contributed by atoms with Crippen molar-refractivity contribution in [2.24, 2.45) is 0 Å². The summed E-state index contributed by atoms with van der Waals surface area (Å²) < 4.78 is 47.1. The van der Waals surface area contributed by atoms with Crippen molar-refractivity contribution in [2.75, 3.05) is 19.4 Å². The molecule has 0 saturated heterocycles. The zero-order valence-electron chi connectivity index (χ0n) is 14.7. The maximum absolute atomic E-state index is 12.8. The monoisotopic (exact) mass is 399 g/mol. The first-order chi connectivity index (χ1) is 13.0. The van der Waals surface area contributed by atoms with Gasteiger partial charge in [0, 0.05) is 23.6 Å². The van der Waals surface area contributed by atoms with Crippen molar-refractivity contribution in [1.82, 2.24) is 5.32 Å². The number of carbonyl (C=O) groups is 1. The number of nitrogens with one attached hydrogen (secondary N) is 1. The lowest BCUT2D eigenvalue weighted by atomic mass is 10.1. The van der Waals surface area contributed by atoms with Gasteiger partial charge in [0.1, 0.15) is 5.82 Å². The fraction of sp³-hybridized carbons (Fsp3) is 0.316. The number of methoxy groups -OCH3 is 1. The highest BCUT2D eigenvalue weighted by Crippen LogP contribution is 2.29. The highest BCUT2D eigenvalue weighted by molar-refractivity contribution is 7.99. The molecule has 1 amide bonds. The molecule has 2 rings (SSSR count). The van der Waals surface area contributed by atoms with Crippen LogP contribution in [0.2, 0.25) is 0 Å². The van der Waals surface area contributed by atoms with E-state index in [0.717, 1.165) is 10.5 Å². The summed E-state index contributed by atoms with van der Waals surface area (Å²) >= 11 is 1.47. The number of benzene rings is 2. The Bertz CT molecular complexity index is 741. The Labute approximate surface area is 160 Å². The van der Waals surface area contributed by atoms with Crippen molar-refractivity contribution in [3.8, 4) is 11.5 Å². The lowest BCUT2D eigenvalue weighted by Crippen LogP contribution is -2.25. The SMILES string of the molecule is COc1ccc(CCNC(=O)CCSc2ccc(F)cc2)cc1OC(F)F. The fourth-order valence-corrected chi connectivity index (χ4v) is 3.14. The predicted molar refractivity (Wildman–Crippen MR) is 98.1 cm³/mol. The number of carbonyl (C=O) groups excluding carboxylic acids is 1. The second kappa shape index (κ2) is 10.7. The molecule has 0 aromatic heterocycles. The van der Waals surface area contributed by atoms with E-state index in [9.17, 15) is 18.0 Å². The van der Waals surface area contributed by atoms with Gasteiger partial charge in [-0.1, -0.05) is 6.07 Å². The summed E-state index contributed by atoms with van der Waals surface area (Å²) in [7, 11) is 1.37. The van der Waals surface area contributed by atoms with Gasteiger partial charge in [-0.25, -0.2) is 4.39 Å².